The van der Waals surface area contributed by atoms with Crippen molar-refractivity contribution >= 4 is 16.6 Å². The van der Waals surface area contributed by atoms with Crippen molar-refractivity contribution < 1.29 is 0 Å². The van der Waals surface area contributed by atoms with Crippen LogP contribution in [0.15, 0.2) is 18.2 Å². The molecule has 100 valence electrons. The van der Waals surface area contributed by atoms with E-state index in [0.29, 0.717) is 0 Å². The number of hydrogen-bond donors (Lipinski definition) is 1. The first kappa shape index (κ1) is 12.5. The van der Waals surface area contributed by atoms with E-state index in [9.17, 15) is 0 Å². The highest BCUT2D eigenvalue weighted by Crippen LogP contribution is 2.32. The van der Waals surface area contributed by atoms with Gasteiger partial charge in [-0.2, -0.15) is 0 Å². The third kappa shape index (κ3) is 2.32. The molecule has 1 aliphatic carbocycles. The molecule has 0 bridgehead atoms. The first-order chi connectivity index (χ1) is 9.29. The smallest absolute Gasteiger partial charge is 0.0760 e. The zero-order valence-corrected chi connectivity index (χ0v) is 11.9. The summed E-state index contributed by atoms with van der Waals surface area (Å²) >= 11 is 0. The predicted octanol–water partition coefficient (Wildman–Crippen LogP) is 4.24. The number of pyridine rings is 1. The summed E-state index contributed by atoms with van der Waals surface area (Å²) in [7, 11) is 0. The molecule has 0 fully saturated rings. The second-order valence-corrected chi connectivity index (χ2v) is 5.54. The zero-order chi connectivity index (χ0) is 13.2. The minimum atomic E-state index is 1.02. The van der Waals surface area contributed by atoms with Crippen LogP contribution in [-0.2, 0) is 12.8 Å². The van der Waals surface area contributed by atoms with Crippen molar-refractivity contribution in [2.24, 2.45) is 0 Å². The highest BCUT2D eigenvalue weighted by molar-refractivity contribution is 5.94. The number of aromatic nitrogens is 1. The molecule has 3 rings (SSSR count). The van der Waals surface area contributed by atoms with Gasteiger partial charge in [0, 0.05) is 23.3 Å². The lowest BCUT2D eigenvalue weighted by Crippen LogP contribution is -2.07. The molecule has 1 heterocycles. The van der Waals surface area contributed by atoms with Gasteiger partial charge in [0.1, 0.15) is 0 Å². The number of benzene rings is 1. The molecule has 1 aromatic heterocycles. The van der Waals surface area contributed by atoms with Gasteiger partial charge in [-0.15, -0.1) is 0 Å². The number of rotatable bonds is 3. The second kappa shape index (κ2) is 5.20. The minimum Gasteiger partial charge on any atom is -0.384 e. The molecule has 0 unspecified atom stereocenters. The monoisotopic (exact) mass is 254 g/mol. The van der Waals surface area contributed by atoms with Crippen LogP contribution in [-0.4, -0.2) is 11.5 Å². The second-order valence-electron chi connectivity index (χ2n) is 5.54. The van der Waals surface area contributed by atoms with Gasteiger partial charge in [-0.1, -0.05) is 19.1 Å². The highest BCUT2D eigenvalue weighted by atomic mass is 14.9. The number of hydrogen-bond acceptors (Lipinski definition) is 2. The molecule has 0 amide bonds. The Bertz CT molecular complexity index is 602. The van der Waals surface area contributed by atoms with Gasteiger partial charge in [-0.05, 0) is 56.2 Å². The Hall–Kier alpha value is -1.57. The standard InChI is InChI=1S/C17H22N2/c1-3-10-18-16-11-12(2)19-17-14-7-5-4-6-13(14)8-9-15(16)17/h8-9,11H,3-7,10H2,1-2H3,(H,18,19). The van der Waals surface area contributed by atoms with Gasteiger partial charge < -0.3 is 5.32 Å². The van der Waals surface area contributed by atoms with Crippen molar-refractivity contribution in [1.82, 2.24) is 4.98 Å². The van der Waals surface area contributed by atoms with Crippen LogP contribution < -0.4 is 5.32 Å². The van der Waals surface area contributed by atoms with Gasteiger partial charge in [0.15, 0.2) is 0 Å². The molecular weight excluding hydrogens is 232 g/mol. The zero-order valence-electron chi connectivity index (χ0n) is 11.9. The molecule has 0 saturated carbocycles. The lowest BCUT2D eigenvalue weighted by atomic mass is 9.89. The first-order valence-electron chi connectivity index (χ1n) is 7.45. The van der Waals surface area contributed by atoms with Crippen LogP contribution in [0, 0.1) is 6.92 Å². The molecule has 19 heavy (non-hydrogen) atoms. The lowest BCUT2D eigenvalue weighted by molar-refractivity contribution is 0.689. The Morgan fingerprint density at radius 1 is 1.21 bits per heavy atom. The largest absolute Gasteiger partial charge is 0.384 e. The van der Waals surface area contributed by atoms with Gasteiger partial charge in [0.25, 0.3) is 0 Å². The maximum Gasteiger partial charge on any atom is 0.0760 e. The summed E-state index contributed by atoms with van der Waals surface area (Å²) in [6.07, 6.45) is 6.19. The van der Waals surface area contributed by atoms with Gasteiger partial charge in [0.2, 0.25) is 0 Å². The van der Waals surface area contributed by atoms with E-state index in [1.807, 2.05) is 0 Å². The predicted molar refractivity (Wildman–Crippen MR) is 81.9 cm³/mol. The molecule has 1 aromatic carbocycles. The van der Waals surface area contributed by atoms with E-state index in [-0.39, 0.29) is 0 Å². The van der Waals surface area contributed by atoms with E-state index in [1.54, 1.807) is 0 Å². The molecular formula is C17H22N2. The third-order valence-corrected chi connectivity index (χ3v) is 4.00. The Balaban J connectivity index is 2.17. The van der Waals surface area contributed by atoms with E-state index in [2.05, 4.69) is 37.4 Å². The summed E-state index contributed by atoms with van der Waals surface area (Å²) in [5.41, 5.74) is 6.60. The Morgan fingerprint density at radius 3 is 2.89 bits per heavy atom. The van der Waals surface area contributed by atoms with Crippen LogP contribution in [0.1, 0.15) is 43.0 Å². The summed E-state index contributed by atoms with van der Waals surface area (Å²) in [6.45, 7) is 5.32. The summed E-state index contributed by atoms with van der Waals surface area (Å²) in [5, 5.41) is 4.84. The molecule has 0 spiro atoms. The lowest BCUT2D eigenvalue weighted by Gasteiger charge is -2.19. The molecule has 2 heteroatoms. The van der Waals surface area contributed by atoms with Crippen LogP contribution in [0.3, 0.4) is 0 Å². The van der Waals surface area contributed by atoms with Gasteiger partial charge in [-0.3, -0.25) is 4.98 Å². The van der Waals surface area contributed by atoms with Crippen molar-refractivity contribution in [3.05, 3.63) is 35.0 Å². The molecule has 1 N–H and O–H groups in total. The Labute approximate surface area is 115 Å². The quantitative estimate of drug-likeness (QED) is 0.886. The van der Waals surface area contributed by atoms with E-state index < -0.39 is 0 Å². The van der Waals surface area contributed by atoms with Crippen LogP contribution in [0.4, 0.5) is 5.69 Å². The topological polar surface area (TPSA) is 24.9 Å². The first-order valence-corrected chi connectivity index (χ1v) is 7.45. The summed E-state index contributed by atoms with van der Waals surface area (Å²) in [6, 6.07) is 6.74. The van der Waals surface area contributed by atoms with Gasteiger partial charge in [0.05, 0.1) is 5.52 Å². The summed E-state index contributed by atoms with van der Waals surface area (Å²) in [4.78, 5) is 4.82. The Morgan fingerprint density at radius 2 is 2.05 bits per heavy atom. The van der Waals surface area contributed by atoms with Crippen molar-refractivity contribution in [3.63, 3.8) is 0 Å². The SMILES string of the molecule is CCCNc1cc(C)nc2c3c(ccc12)CCCC3. The molecule has 1 aliphatic rings. The van der Waals surface area contributed by atoms with Gasteiger partial charge >= 0.3 is 0 Å². The number of nitrogens with one attached hydrogen (secondary N) is 1. The molecule has 2 aromatic rings. The molecule has 0 aliphatic heterocycles. The van der Waals surface area contributed by atoms with E-state index in [4.69, 9.17) is 4.98 Å². The average Bonchev–Trinajstić information content (AvgIpc) is 2.44. The Kier molecular flexibility index (Phi) is 3.41. The third-order valence-electron chi connectivity index (χ3n) is 4.00. The number of fused-ring (bicyclic) bond motifs is 3. The van der Waals surface area contributed by atoms with Crippen LogP contribution in [0.2, 0.25) is 0 Å². The van der Waals surface area contributed by atoms with E-state index in [0.717, 1.165) is 18.7 Å². The fourth-order valence-corrected chi connectivity index (χ4v) is 3.05. The number of anilines is 1. The number of aryl methyl sites for hydroxylation is 3. The normalized spacial score (nSPS) is 14.4. The summed E-state index contributed by atoms with van der Waals surface area (Å²) in [5.74, 6) is 0. The van der Waals surface area contributed by atoms with Crippen molar-refractivity contribution in [2.45, 2.75) is 46.0 Å². The van der Waals surface area contributed by atoms with Crippen LogP contribution in [0.5, 0.6) is 0 Å². The highest BCUT2D eigenvalue weighted by Gasteiger charge is 2.15. The van der Waals surface area contributed by atoms with Crippen molar-refractivity contribution in [3.8, 4) is 0 Å². The summed E-state index contributed by atoms with van der Waals surface area (Å²) < 4.78 is 0. The molecule has 0 saturated heterocycles. The van der Waals surface area contributed by atoms with Crippen molar-refractivity contribution in [2.75, 3.05) is 11.9 Å². The molecule has 2 nitrogen and oxygen atoms in total. The minimum absolute atomic E-state index is 1.02. The molecule has 0 atom stereocenters. The fourth-order valence-electron chi connectivity index (χ4n) is 3.05. The number of nitrogens with zero attached hydrogens (tertiary/aromatic N) is 1. The van der Waals surface area contributed by atoms with Crippen LogP contribution >= 0.6 is 0 Å². The fraction of sp³-hybridized carbons (Fsp3) is 0.471. The maximum atomic E-state index is 4.82. The van der Waals surface area contributed by atoms with E-state index >= 15 is 0 Å². The molecule has 0 radical (unpaired) electrons. The maximum absolute atomic E-state index is 4.82. The van der Waals surface area contributed by atoms with E-state index in [1.165, 1.54) is 53.4 Å². The van der Waals surface area contributed by atoms with Crippen LogP contribution in [0.25, 0.3) is 10.9 Å². The van der Waals surface area contributed by atoms with Crippen molar-refractivity contribution in [1.29, 1.82) is 0 Å². The van der Waals surface area contributed by atoms with Gasteiger partial charge in [-0.25, -0.2) is 0 Å². The average molecular weight is 254 g/mol.